The Kier molecular flexibility index (Phi) is 58.1. The number of aryl methyl sites for hydroxylation is 9. The molecule has 0 amide bonds. The molecule has 0 saturated heterocycles. The molecule has 15 nitrogen and oxygen atoms in total. The second-order valence-electron chi connectivity index (χ2n) is 25.9. The highest BCUT2D eigenvalue weighted by molar-refractivity contribution is 6.11. The van der Waals surface area contributed by atoms with E-state index < -0.39 is 0 Å². The standard InChI is InChI=1S/2C19H17N2.C18H18N3.2C14H16N4.13C2H6.2CH4/c1-14-8-3-5-11-17(14)21-18-12-6-4-9-15(18)16-10-7-13-20(2)19(16)21;1-14-8-7-10-16-15-9-3-4-11-17(15)21(19(14)16)18-12-5-6-13-20(18)2;1-13-7-6-9-15-14-8-4-5-10-16(14)21(17(13)15)18-19(2)11-12-20(18)3;1-10-6-4-5-7-12(10)18-11(2)17(3)14-13(18)8-15-9-16-14;1-10-6-4-5-7-12(10)18-11(2)17(3)13-8-15-9-16-14(13)18;13*1-2;;/h2*3-13H,1-2H3;4-12H,1-3H3;2*4-9,11H,1-3H3;13*1-2H3;2*1H4/q3*+1;;;;;;;;;;;;;;;;;/t;;;2*11-;;;;;;;;;;;;;;;/m...00.............../s1. The second kappa shape index (κ2) is 63.0. The molecule has 0 unspecified atom stereocenters. The van der Waals surface area contributed by atoms with E-state index in [1.807, 2.05) is 192 Å². The summed E-state index contributed by atoms with van der Waals surface area (Å²) < 4.78 is 15.8. The Labute approximate surface area is 772 Å². The summed E-state index contributed by atoms with van der Waals surface area (Å²) in [4.78, 5) is 26.0. The van der Waals surface area contributed by atoms with Crippen LogP contribution in [0.3, 0.4) is 0 Å². The van der Waals surface area contributed by atoms with Crippen LogP contribution in [0.15, 0.2) is 262 Å². The lowest BCUT2D eigenvalue weighted by Gasteiger charge is -2.28. The van der Waals surface area contributed by atoms with Crippen LogP contribution in [0.5, 0.6) is 0 Å². The first-order valence-electron chi connectivity index (χ1n) is 46.8. The Morgan fingerprint density at radius 2 is 0.630 bits per heavy atom. The monoisotopic (exact) mass is 1730 g/mol. The Balaban J connectivity index is 0. The number of benzene rings is 8. The number of para-hydroxylation sites is 8. The fourth-order valence-corrected chi connectivity index (χ4v) is 14.6. The van der Waals surface area contributed by atoms with Gasteiger partial charge >= 0.3 is 5.95 Å². The molecule has 10 heterocycles. The fraction of sp³-hybridized carbons (Fsp3) is 0.384. The minimum Gasteiger partial charge on any atom is -0.350 e. The van der Waals surface area contributed by atoms with Crippen molar-refractivity contribution in [3.8, 4) is 17.5 Å². The number of imidazole rings is 1. The maximum absolute atomic E-state index is 4.43. The van der Waals surface area contributed by atoms with Gasteiger partial charge in [0, 0.05) is 58.5 Å². The first kappa shape index (κ1) is 117. The smallest absolute Gasteiger partial charge is 0.350 e. The van der Waals surface area contributed by atoms with Gasteiger partial charge in [0.25, 0.3) is 11.5 Å². The Bertz CT molecular complexity index is 5380. The number of rotatable bonds is 5. The third-order valence-electron chi connectivity index (χ3n) is 19.7. The normalized spacial score (nSPS) is 11.4. The first-order valence-corrected chi connectivity index (χ1v) is 46.8. The fourth-order valence-electron chi connectivity index (χ4n) is 14.6. The van der Waals surface area contributed by atoms with Gasteiger partial charge in [0.2, 0.25) is 0 Å². The maximum atomic E-state index is 4.43. The molecule has 2 aliphatic rings. The molecule has 0 N–H and O–H groups in total. The molecule has 0 radical (unpaired) electrons. The van der Waals surface area contributed by atoms with E-state index in [0.717, 1.165) is 29.0 Å². The summed E-state index contributed by atoms with van der Waals surface area (Å²) in [7, 11) is 12.5. The molecule has 0 bridgehead atoms. The van der Waals surface area contributed by atoms with Gasteiger partial charge in [-0.3, -0.25) is 0 Å². The van der Waals surface area contributed by atoms with Gasteiger partial charge in [-0.2, -0.15) is 13.7 Å². The van der Waals surface area contributed by atoms with Gasteiger partial charge in [-0.25, -0.2) is 38.2 Å². The molecule has 16 aromatic rings. The predicted molar refractivity (Wildman–Crippen MR) is 566 cm³/mol. The number of aromatic nitrogens is 11. The molecular weight excluding hydrogens is 1560 g/mol. The van der Waals surface area contributed by atoms with Crippen LogP contribution in [0.4, 0.5) is 34.4 Å². The van der Waals surface area contributed by atoms with Crippen LogP contribution in [0.25, 0.3) is 83.0 Å². The molecule has 2 aliphatic heterocycles. The van der Waals surface area contributed by atoms with Crippen molar-refractivity contribution in [3.05, 3.63) is 290 Å². The molecule has 15 heteroatoms. The molecule has 0 fully saturated rings. The minimum absolute atomic E-state index is 0. The molecule has 0 saturated carbocycles. The van der Waals surface area contributed by atoms with Crippen molar-refractivity contribution in [1.29, 1.82) is 0 Å². The van der Waals surface area contributed by atoms with E-state index in [9.17, 15) is 0 Å². The van der Waals surface area contributed by atoms with Crippen molar-refractivity contribution in [2.75, 3.05) is 33.7 Å². The van der Waals surface area contributed by atoms with Crippen LogP contribution in [-0.4, -0.2) is 64.6 Å². The molecule has 127 heavy (non-hydrogen) atoms. The third-order valence-corrected chi connectivity index (χ3v) is 19.7. The Hall–Kier alpha value is -12.0. The van der Waals surface area contributed by atoms with Crippen molar-refractivity contribution >= 4 is 99.9 Å². The average molecular weight is 1730 g/mol. The van der Waals surface area contributed by atoms with Crippen molar-refractivity contribution in [1.82, 2.24) is 38.2 Å². The second-order valence-corrected chi connectivity index (χ2v) is 25.9. The molecule has 690 valence electrons. The van der Waals surface area contributed by atoms with Gasteiger partial charge < -0.3 is 19.6 Å². The lowest BCUT2D eigenvalue weighted by Crippen LogP contribution is -2.36. The topological polar surface area (TPSA) is 95.9 Å². The summed E-state index contributed by atoms with van der Waals surface area (Å²) in [6.07, 6.45) is 15.8. The van der Waals surface area contributed by atoms with Crippen molar-refractivity contribution in [3.63, 3.8) is 0 Å². The summed E-state index contributed by atoms with van der Waals surface area (Å²) in [6, 6.07) is 74.9. The van der Waals surface area contributed by atoms with E-state index in [1.54, 1.807) is 12.7 Å². The van der Waals surface area contributed by atoms with E-state index in [2.05, 4.69) is 399 Å². The predicted octanol–water partition coefficient (Wildman–Crippen LogP) is 31.1. The lowest BCUT2D eigenvalue weighted by molar-refractivity contribution is -0.665. The Morgan fingerprint density at radius 3 is 1.08 bits per heavy atom. The zero-order chi connectivity index (χ0) is 94.8. The van der Waals surface area contributed by atoms with Gasteiger partial charge in [0.1, 0.15) is 69.6 Å². The highest BCUT2D eigenvalue weighted by atomic mass is 15.4. The number of anilines is 6. The van der Waals surface area contributed by atoms with Gasteiger partial charge in [-0.15, -0.1) is 0 Å². The van der Waals surface area contributed by atoms with Crippen molar-refractivity contribution < 1.29 is 13.7 Å². The van der Waals surface area contributed by atoms with Crippen LogP contribution < -0.4 is 33.3 Å². The van der Waals surface area contributed by atoms with Crippen LogP contribution in [0, 0.1) is 34.6 Å². The van der Waals surface area contributed by atoms with Crippen LogP contribution in [0.2, 0.25) is 0 Å². The van der Waals surface area contributed by atoms with E-state index in [0.29, 0.717) is 0 Å². The minimum atomic E-state index is 0. The van der Waals surface area contributed by atoms with Crippen LogP contribution in [0.1, 0.15) is 237 Å². The average Bonchev–Trinajstić information content (AvgIpc) is 1.60. The Morgan fingerprint density at radius 1 is 0.283 bits per heavy atom. The summed E-state index contributed by atoms with van der Waals surface area (Å²) >= 11 is 0. The zero-order valence-electron chi connectivity index (χ0n) is 84.7. The zero-order valence-corrected chi connectivity index (χ0v) is 84.7. The number of hydrogen-bond donors (Lipinski definition) is 0. The van der Waals surface area contributed by atoms with Crippen molar-refractivity contribution in [2.24, 2.45) is 28.2 Å². The molecule has 18 rings (SSSR count). The number of fused-ring (bicyclic) bond motifs is 11. The first-order chi connectivity index (χ1) is 61.1. The van der Waals surface area contributed by atoms with Gasteiger partial charge in [0.05, 0.1) is 70.8 Å². The van der Waals surface area contributed by atoms with Crippen LogP contribution >= 0.6 is 0 Å². The van der Waals surface area contributed by atoms with E-state index in [1.165, 1.54) is 116 Å². The van der Waals surface area contributed by atoms with Gasteiger partial charge in [-0.05, 0) is 149 Å². The molecule has 8 aromatic carbocycles. The summed E-state index contributed by atoms with van der Waals surface area (Å²) in [6.45, 7) is 67.1. The number of nitrogens with zero attached hydrogens (tertiary/aromatic N) is 15. The van der Waals surface area contributed by atoms with Gasteiger partial charge in [-0.1, -0.05) is 328 Å². The third kappa shape index (κ3) is 27.0. The lowest BCUT2D eigenvalue weighted by atomic mass is 10.1. The molecule has 0 aliphatic carbocycles. The summed E-state index contributed by atoms with van der Waals surface area (Å²) in [5, 5.41) is 7.82. The quantitative estimate of drug-likeness (QED) is 0.157. The van der Waals surface area contributed by atoms with Crippen molar-refractivity contribution in [2.45, 2.75) is 256 Å². The van der Waals surface area contributed by atoms with E-state index in [-0.39, 0.29) is 27.2 Å². The maximum Gasteiger partial charge on any atom is 0.369 e. The highest BCUT2D eigenvalue weighted by Gasteiger charge is 2.35. The number of pyridine rings is 2. The summed E-state index contributed by atoms with van der Waals surface area (Å²) in [5.41, 5.74) is 19.8. The molecule has 2 atom stereocenters. The number of hydrogen-bond acceptors (Lipinski definition) is 8. The molecular formula is C112H170N15+3. The largest absolute Gasteiger partial charge is 0.369 e. The summed E-state index contributed by atoms with van der Waals surface area (Å²) in [5.74, 6) is 4.31. The van der Waals surface area contributed by atoms with E-state index in [4.69, 9.17) is 0 Å². The van der Waals surface area contributed by atoms with E-state index >= 15 is 0 Å². The highest BCUT2D eigenvalue weighted by Crippen LogP contribution is 2.44. The molecule has 8 aromatic heterocycles. The van der Waals surface area contributed by atoms with Crippen LogP contribution in [-0.2, 0) is 28.2 Å². The molecule has 0 spiro atoms. The SMILES string of the molecule is C.C.CC.CC.CC.CC.CC.CC.CC.CC.CC.CC.CC.CC.CC.Cc1cccc2c3ccccc3n(-c3cccc[n+]3C)c12.Cc1cccc2c3ccccc3n(-c3n(C)cc[n+]3C)c12.Cc1ccccc1-n1c2ccccc2c2ccc[n+](C)c21.Cc1ccccc1N1c2cncnc2N(C)[C@@H]1C.Cc1ccccc1N1c2ncncc2N(C)[C@@H]1C. The van der Waals surface area contributed by atoms with Gasteiger partial charge in [0.15, 0.2) is 11.6 Å².